The number of nitrogens with zero attached hydrogens (tertiary/aromatic N) is 5. The number of nitrogen functional groups attached to an aromatic ring is 2. The van der Waals surface area contributed by atoms with Crippen LogP contribution in [0.5, 0.6) is 0 Å². The van der Waals surface area contributed by atoms with E-state index < -0.39 is 37.3 Å². The van der Waals surface area contributed by atoms with E-state index in [1.165, 1.54) is 25.2 Å². The van der Waals surface area contributed by atoms with E-state index in [-0.39, 0.29) is 56.8 Å². The van der Waals surface area contributed by atoms with Crippen LogP contribution in [0.15, 0.2) is 34.2 Å². The number of rotatable bonds is 5. The third-order valence-electron chi connectivity index (χ3n) is 8.04. The topological polar surface area (TPSA) is 211 Å². The van der Waals surface area contributed by atoms with Gasteiger partial charge in [0, 0.05) is 38.2 Å². The van der Waals surface area contributed by atoms with E-state index in [0.717, 1.165) is 4.31 Å². The lowest BCUT2D eigenvalue weighted by atomic mass is 9.86. The van der Waals surface area contributed by atoms with E-state index in [0.29, 0.717) is 44.6 Å². The number of amidine groups is 1. The number of sulfonamides is 1. The zero-order valence-corrected chi connectivity index (χ0v) is 25.2. The second-order valence-corrected chi connectivity index (χ2v) is 15.4. The highest BCUT2D eigenvalue weighted by molar-refractivity contribution is 7.92. The number of carbonyl (C=O) groups excluding carboxylic acids is 2. The Morgan fingerprint density at radius 3 is 2.52 bits per heavy atom. The molecule has 5 N–H and O–H groups in total. The minimum absolute atomic E-state index is 0.0504. The first-order chi connectivity index (χ1) is 19.7. The summed E-state index contributed by atoms with van der Waals surface area (Å²) >= 11 is 5.88. The minimum atomic E-state index is -4.00. The Morgan fingerprint density at radius 1 is 1.14 bits per heavy atom. The first kappa shape index (κ1) is 30.1. The van der Waals surface area contributed by atoms with Gasteiger partial charge in [-0.2, -0.15) is 4.31 Å². The molecular formula is C25H31ClN8O6S2. The molecule has 2 amide bonds. The van der Waals surface area contributed by atoms with Crippen LogP contribution in [-0.2, 0) is 19.9 Å². The molecule has 17 heteroatoms. The highest BCUT2D eigenvalue weighted by atomic mass is 35.5. The van der Waals surface area contributed by atoms with Crippen molar-refractivity contribution in [3.05, 3.63) is 40.7 Å². The molecule has 1 aromatic carbocycles. The normalized spacial score (nSPS) is 21.5. The van der Waals surface area contributed by atoms with Crippen LogP contribution < -0.4 is 16.8 Å². The van der Waals surface area contributed by atoms with Crippen molar-refractivity contribution in [3.63, 3.8) is 0 Å². The third kappa shape index (κ3) is 5.93. The van der Waals surface area contributed by atoms with Crippen LogP contribution >= 0.6 is 11.6 Å². The molecule has 3 aliphatic rings. The number of nitrogens with one attached hydrogen (secondary N) is 1. The second-order valence-electron chi connectivity index (χ2n) is 10.8. The molecule has 0 aliphatic carbocycles. The highest BCUT2D eigenvalue weighted by Crippen LogP contribution is 2.36. The Bertz CT molecular complexity index is 1690. The lowest BCUT2D eigenvalue weighted by Gasteiger charge is -2.37. The average molecular weight is 639 g/mol. The number of hydrogen-bond acceptors (Lipinski definition) is 11. The van der Waals surface area contributed by atoms with Crippen molar-refractivity contribution < 1.29 is 26.4 Å². The zero-order chi connectivity index (χ0) is 30.4. The maximum absolute atomic E-state index is 13.3. The fraction of sp³-hybridized carbons (Fsp3) is 0.480. The Hall–Kier alpha value is -3.34. The monoisotopic (exact) mass is 638 g/mol. The molecular weight excluding hydrogens is 608 g/mol. The van der Waals surface area contributed by atoms with Gasteiger partial charge in [0.15, 0.2) is 32.3 Å². The summed E-state index contributed by atoms with van der Waals surface area (Å²) in [6.45, 7) is 0.790. The smallest absolute Gasteiger partial charge is 0.279 e. The second kappa shape index (κ2) is 11.1. The molecule has 226 valence electrons. The van der Waals surface area contributed by atoms with Crippen molar-refractivity contribution in [2.45, 2.75) is 48.6 Å². The third-order valence-corrected chi connectivity index (χ3v) is 12.0. The van der Waals surface area contributed by atoms with E-state index in [1.807, 2.05) is 0 Å². The van der Waals surface area contributed by atoms with E-state index in [1.54, 1.807) is 11.0 Å². The van der Waals surface area contributed by atoms with Gasteiger partial charge in [0.2, 0.25) is 10.0 Å². The molecule has 0 saturated carbocycles. The molecule has 1 atom stereocenters. The van der Waals surface area contributed by atoms with E-state index in [2.05, 4.69) is 15.3 Å². The van der Waals surface area contributed by atoms with Crippen LogP contribution in [0.3, 0.4) is 0 Å². The molecule has 1 unspecified atom stereocenters. The molecule has 1 spiro atoms. The van der Waals surface area contributed by atoms with Gasteiger partial charge in [0.05, 0.1) is 21.9 Å². The standard InChI is InChI=1S/C25H31ClN8O6S2/c1-33(16-6-12-41(37,38)14-16)42(39,40)17-4-2-3-15(13-17)24(36)34-10-8-25(9-11-34)7-5-18(32-25)29-23(35)19-21(27)31-22(28)20(26)30-19/h2-4,13,16H,5-12,14H2,1H3,(H4,27,28,31)(H,29,32,35). The summed E-state index contributed by atoms with van der Waals surface area (Å²) in [5.74, 6) is -0.923. The fourth-order valence-electron chi connectivity index (χ4n) is 5.52. The van der Waals surface area contributed by atoms with Gasteiger partial charge in [0.1, 0.15) is 5.84 Å². The summed E-state index contributed by atoms with van der Waals surface area (Å²) in [4.78, 5) is 40.1. The van der Waals surface area contributed by atoms with Crippen LogP contribution in [0, 0.1) is 0 Å². The van der Waals surface area contributed by atoms with Gasteiger partial charge in [-0.25, -0.2) is 26.8 Å². The lowest BCUT2D eigenvalue weighted by Crippen LogP contribution is -2.45. The molecule has 2 saturated heterocycles. The molecule has 1 aromatic heterocycles. The number of halogens is 1. The number of likely N-dealkylation sites (tertiary alicyclic amines) is 1. The number of hydrogen-bond donors (Lipinski definition) is 3. The highest BCUT2D eigenvalue weighted by Gasteiger charge is 2.40. The van der Waals surface area contributed by atoms with Crippen LogP contribution in [0.2, 0.25) is 5.15 Å². The first-order valence-electron chi connectivity index (χ1n) is 13.3. The van der Waals surface area contributed by atoms with Crippen molar-refractivity contribution in [2.75, 3.05) is 43.1 Å². The van der Waals surface area contributed by atoms with E-state index in [9.17, 15) is 26.4 Å². The SMILES string of the molecule is CN(C1CCS(=O)(=O)C1)S(=O)(=O)c1cccc(C(=O)N2CCC3(CCC(NC(=O)c4nc(Cl)c(N)nc4N)=N3)CC2)c1. The number of amides is 2. The number of sulfone groups is 1. The van der Waals surface area contributed by atoms with Crippen molar-refractivity contribution in [1.29, 1.82) is 0 Å². The van der Waals surface area contributed by atoms with Crippen molar-refractivity contribution in [3.8, 4) is 0 Å². The van der Waals surface area contributed by atoms with Crippen LogP contribution in [0.1, 0.15) is 53.0 Å². The van der Waals surface area contributed by atoms with Gasteiger partial charge in [-0.3, -0.25) is 14.6 Å². The van der Waals surface area contributed by atoms with Gasteiger partial charge in [-0.05, 0) is 43.9 Å². The Morgan fingerprint density at radius 2 is 1.86 bits per heavy atom. The number of aliphatic imine (C=N–C) groups is 1. The molecule has 4 heterocycles. The maximum atomic E-state index is 13.3. The molecule has 3 aliphatic heterocycles. The summed E-state index contributed by atoms with van der Waals surface area (Å²) in [5.41, 5.74) is 11.0. The number of aromatic nitrogens is 2. The van der Waals surface area contributed by atoms with Gasteiger partial charge in [0.25, 0.3) is 11.8 Å². The predicted octanol–water partition coefficient (Wildman–Crippen LogP) is 0.699. The van der Waals surface area contributed by atoms with Gasteiger partial charge in [-0.15, -0.1) is 0 Å². The number of piperidine rings is 1. The summed E-state index contributed by atoms with van der Waals surface area (Å²) in [7, 11) is -5.91. The number of anilines is 2. The minimum Gasteiger partial charge on any atom is -0.382 e. The quantitative estimate of drug-likeness (QED) is 0.417. The largest absolute Gasteiger partial charge is 0.382 e. The molecule has 42 heavy (non-hydrogen) atoms. The van der Waals surface area contributed by atoms with Gasteiger partial charge < -0.3 is 21.7 Å². The Balaban J connectivity index is 1.23. The van der Waals surface area contributed by atoms with Crippen molar-refractivity contribution in [1.82, 2.24) is 24.5 Å². The predicted molar refractivity (Wildman–Crippen MR) is 156 cm³/mol. The molecule has 2 aromatic rings. The van der Waals surface area contributed by atoms with Crippen molar-refractivity contribution >= 4 is 60.7 Å². The summed E-state index contributed by atoms with van der Waals surface area (Å²) < 4.78 is 51.3. The van der Waals surface area contributed by atoms with Crippen molar-refractivity contribution in [2.24, 2.45) is 4.99 Å². The number of benzene rings is 1. The summed E-state index contributed by atoms with van der Waals surface area (Å²) in [6, 6.07) is 5.16. The first-order valence-corrected chi connectivity index (χ1v) is 16.9. The van der Waals surface area contributed by atoms with Crippen LogP contribution in [-0.4, -0.2) is 96.9 Å². The molecule has 2 fully saturated rings. The molecule has 5 rings (SSSR count). The Labute approximate surface area is 248 Å². The van der Waals surface area contributed by atoms with Gasteiger partial charge >= 0.3 is 0 Å². The lowest BCUT2D eigenvalue weighted by molar-refractivity contribution is 0.0672. The summed E-state index contributed by atoms with van der Waals surface area (Å²) in [5, 5.41) is 2.59. The van der Waals surface area contributed by atoms with E-state index in [4.69, 9.17) is 28.1 Å². The van der Waals surface area contributed by atoms with E-state index >= 15 is 0 Å². The number of carbonyl (C=O) groups is 2. The maximum Gasteiger partial charge on any atom is 0.279 e. The van der Waals surface area contributed by atoms with Crippen LogP contribution in [0.4, 0.5) is 11.6 Å². The molecule has 0 radical (unpaired) electrons. The molecule has 14 nitrogen and oxygen atoms in total. The zero-order valence-electron chi connectivity index (χ0n) is 22.8. The Kier molecular flexibility index (Phi) is 7.93. The van der Waals surface area contributed by atoms with Crippen LogP contribution in [0.25, 0.3) is 0 Å². The average Bonchev–Trinajstić information content (AvgIpc) is 3.52. The summed E-state index contributed by atoms with van der Waals surface area (Å²) in [6.07, 6.45) is 2.56. The fourth-order valence-corrected chi connectivity index (χ4v) is 8.95. The molecule has 0 bridgehead atoms. The number of nitrogens with two attached hydrogens (primary N) is 2. The van der Waals surface area contributed by atoms with Gasteiger partial charge in [-0.1, -0.05) is 17.7 Å².